The summed E-state index contributed by atoms with van der Waals surface area (Å²) in [6.07, 6.45) is 3.60. The second-order valence-electron chi connectivity index (χ2n) is 5.93. The maximum Gasteiger partial charge on any atom is 0.326 e. The third-order valence-corrected chi connectivity index (χ3v) is 4.65. The lowest BCUT2D eigenvalue weighted by molar-refractivity contribution is -0.150. The van der Waals surface area contributed by atoms with Gasteiger partial charge in [-0.15, -0.1) is 0 Å². The lowest BCUT2D eigenvalue weighted by Gasteiger charge is -2.35. The van der Waals surface area contributed by atoms with Crippen LogP contribution in [0.5, 0.6) is 0 Å². The van der Waals surface area contributed by atoms with Crippen LogP contribution in [0.3, 0.4) is 0 Å². The molecule has 1 amide bonds. The molecular formula is C14H24N2O3. The smallest absolute Gasteiger partial charge is 0.326 e. The molecule has 19 heavy (non-hydrogen) atoms. The molecule has 5 heteroatoms. The molecular weight excluding hydrogens is 244 g/mol. The molecule has 0 bridgehead atoms. The second kappa shape index (κ2) is 5.49. The third kappa shape index (κ3) is 2.61. The molecule has 2 rings (SSSR count). The maximum atomic E-state index is 12.6. The summed E-state index contributed by atoms with van der Waals surface area (Å²) in [5, 5.41) is 9.18. The second-order valence-corrected chi connectivity index (χ2v) is 5.93. The van der Waals surface area contributed by atoms with Crippen molar-refractivity contribution in [1.82, 2.24) is 9.80 Å². The number of carbonyl (C=O) groups is 2. The Morgan fingerprint density at radius 2 is 1.74 bits per heavy atom. The van der Waals surface area contributed by atoms with Crippen molar-refractivity contribution < 1.29 is 14.7 Å². The molecule has 2 saturated heterocycles. The minimum atomic E-state index is -0.874. The van der Waals surface area contributed by atoms with Gasteiger partial charge in [-0.25, -0.2) is 4.79 Å². The van der Waals surface area contributed by atoms with Gasteiger partial charge in [-0.2, -0.15) is 0 Å². The summed E-state index contributed by atoms with van der Waals surface area (Å²) in [6, 6.07) is -0.0322. The Hall–Kier alpha value is -1.10. The molecule has 0 aliphatic carbocycles. The summed E-state index contributed by atoms with van der Waals surface area (Å²) in [4.78, 5) is 27.5. The van der Waals surface area contributed by atoms with E-state index in [9.17, 15) is 14.7 Å². The van der Waals surface area contributed by atoms with Gasteiger partial charge in [0.15, 0.2) is 0 Å². The van der Waals surface area contributed by atoms with Gasteiger partial charge in [0.2, 0.25) is 5.91 Å². The van der Waals surface area contributed by atoms with Crippen LogP contribution in [-0.4, -0.2) is 57.5 Å². The first-order valence-corrected chi connectivity index (χ1v) is 7.24. The van der Waals surface area contributed by atoms with Gasteiger partial charge >= 0.3 is 5.97 Å². The fourth-order valence-corrected chi connectivity index (χ4v) is 3.63. The van der Waals surface area contributed by atoms with Crippen molar-refractivity contribution in [2.75, 3.05) is 6.54 Å². The van der Waals surface area contributed by atoms with Crippen LogP contribution in [-0.2, 0) is 9.59 Å². The zero-order valence-corrected chi connectivity index (χ0v) is 12.0. The number of amides is 1. The van der Waals surface area contributed by atoms with E-state index in [1.54, 1.807) is 4.90 Å². The topological polar surface area (TPSA) is 60.9 Å². The van der Waals surface area contributed by atoms with Crippen LogP contribution < -0.4 is 0 Å². The molecule has 0 spiro atoms. The zero-order chi connectivity index (χ0) is 14.2. The standard InChI is InChI=1S/C14H24N2O3/c1-9-6-7-10(2)16(9)11(3)13(17)15-8-4-5-12(15)14(18)19/h9-12H,4-8H2,1-3H3,(H,18,19)/t9?,10?,11?,12-/m0/s1. The summed E-state index contributed by atoms with van der Waals surface area (Å²) in [5.41, 5.74) is 0. The maximum absolute atomic E-state index is 12.6. The fraction of sp³-hybridized carbons (Fsp3) is 0.857. The van der Waals surface area contributed by atoms with Gasteiger partial charge in [-0.05, 0) is 46.5 Å². The van der Waals surface area contributed by atoms with E-state index in [1.807, 2.05) is 6.92 Å². The van der Waals surface area contributed by atoms with Crippen LogP contribution in [0.2, 0.25) is 0 Å². The molecule has 4 atom stereocenters. The van der Waals surface area contributed by atoms with Gasteiger partial charge < -0.3 is 10.0 Å². The Labute approximate surface area is 114 Å². The van der Waals surface area contributed by atoms with Crippen LogP contribution in [0.4, 0.5) is 0 Å². The van der Waals surface area contributed by atoms with Crippen LogP contribution in [0.1, 0.15) is 46.5 Å². The van der Waals surface area contributed by atoms with E-state index in [4.69, 9.17) is 0 Å². The van der Waals surface area contributed by atoms with E-state index < -0.39 is 12.0 Å². The molecule has 0 radical (unpaired) electrons. The Kier molecular flexibility index (Phi) is 4.13. The Bertz CT molecular complexity index is 362. The van der Waals surface area contributed by atoms with E-state index in [0.717, 1.165) is 19.3 Å². The molecule has 3 unspecified atom stereocenters. The number of likely N-dealkylation sites (tertiary alicyclic amines) is 2. The van der Waals surface area contributed by atoms with Gasteiger partial charge in [0.25, 0.3) is 0 Å². The Morgan fingerprint density at radius 1 is 1.16 bits per heavy atom. The molecule has 0 saturated carbocycles. The van der Waals surface area contributed by atoms with Gasteiger partial charge in [0, 0.05) is 18.6 Å². The number of carboxylic acids is 1. The van der Waals surface area contributed by atoms with Gasteiger partial charge in [-0.3, -0.25) is 9.69 Å². The summed E-state index contributed by atoms with van der Waals surface area (Å²) in [7, 11) is 0. The minimum Gasteiger partial charge on any atom is -0.480 e. The van der Waals surface area contributed by atoms with Crippen molar-refractivity contribution in [3.8, 4) is 0 Å². The van der Waals surface area contributed by atoms with Crippen LogP contribution in [0, 0.1) is 0 Å². The van der Waals surface area contributed by atoms with Gasteiger partial charge in [0.05, 0.1) is 6.04 Å². The van der Waals surface area contributed by atoms with Crippen molar-refractivity contribution in [1.29, 1.82) is 0 Å². The van der Waals surface area contributed by atoms with Crippen molar-refractivity contribution in [2.45, 2.75) is 70.6 Å². The monoisotopic (exact) mass is 268 g/mol. The molecule has 108 valence electrons. The highest BCUT2D eigenvalue weighted by Crippen LogP contribution is 2.28. The Balaban J connectivity index is 2.08. The molecule has 2 aliphatic rings. The normalized spacial score (nSPS) is 33.6. The molecule has 1 N–H and O–H groups in total. The first kappa shape index (κ1) is 14.3. The predicted molar refractivity (Wildman–Crippen MR) is 71.8 cm³/mol. The quantitative estimate of drug-likeness (QED) is 0.838. The highest BCUT2D eigenvalue weighted by atomic mass is 16.4. The first-order valence-electron chi connectivity index (χ1n) is 7.24. The van der Waals surface area contributed by atoms with Crippen molar-refractivity contribution in [3.63, 3.8) is 0 Å². The highest BCUT2D eigenvalue weighted by molar-refractivity contribution is 5.87. The van der Waals surface area contributed by atoms with Gasteiger partial charge in [-0.1, -0.05) is 0 Å². The number of carboxylic acid groups (broad SMARTS) is 1. The van der Waals surface area contributed by atoms with Crippen LogP contribution >= 0.6 is 0 Å². The molecule has 2 heterocycles. The number of hydrogen-bond donors (Lipinski definition) is 1. The average molecular weight is 268 g/mol. The summed E-state index contributed by atoms with van der Waals surface area (Å²) >= 11 is 0. The number of carbonyl (C=O) groups excluding carboxylic acids is 1. The summed E-state index contributed by atoms with van der Waals surface area (Å²) in [5.74, 6) is -0.897. The fourth-order valence-electron chi connectivity index (χ4n) is 3.63. The summed E-state index contributed by atoms with van der Waals surface area (Å²) < 4.78 is 0. The van der Waals surface area contributed by atoms with E-state index in [2.05, 4.69) is 18.7 Å². The minimum absolute atomic E-state index is 0.0227. The van der Waals surface area contributed by atoms with E-state index >= 15 is 0 Å². The number of nitrogens with zero attached hydrogens (tertiary/aromatic N) is 2. The molecule has 5 nitrogen and oxygen atoms in total. The molecule has 2 fully saturated rings. The zero-order valence-electron chi connectivity index (χ0n) is 12.0. The predicted octanol–water partition coefficient (Wildman–Crippen LogP) is 1.32. The van der Waals surface area contributed by atoms with Crippen molar-refractivity contribution in [3.05, 3.63) is 0 Å². The largest absolute Gasteiger partial charge is 0.480 e. The number of hydrogen-bond acceptors (Lipinski definition) is 3. The van der Waals surface area contributed by atoms with E-state index in [0.29, 0.717) is 25.0 Å². The lowest BCUT2D eigenvalue weighted by Crippen LogP contribution is -2.52. The van der Waals surface area contributed by atoms with E-state index in [1.165, 1.54) is 0 Å². The van der Waals surface area contributed by atoms with Crippen LogP contribution in [0.15, 0.2) is 0 Å². The molecule has 0 aromatic heterocycles. The highest BCUT2D eigenvalue weighted by Gasteiger charge is 2.40. The van der Waals surface area contributed by atoms with Crippen LogP contribution in [0.25, 0.3) is 0 Å². The van der Waals surface area contributed by atoms with Gasteiger partial charge in [0.1, 0.15) is 6.04 Å². The van der Waals surface area contributed by atoms with E-state index in [-0.39, 0.29) is 11.9 Å². The molecule has 0 aromatic rings. The average Bonchev–Trinajstić information content (AvgIpc) is 2.95. The van der Waals surface area contributed by atoms with Crippen molar-refractivity contribution in [2.24, 2.45) is 0 Å². The lowest BCUT2D eigenvalue weighted by atomic mass is 10.1. The number of rotatable bonds is 3. The van der Waals surface area contributed by atoms with Crippen molar-refractivity contribution >= 4 is 11.9 Å². The first-order chi connectivity index (χ1) is 8.93. The Morgan fingerprint density at radius 3 is 2.26 bits per heavy atom. The molecule has 2 aliphatic heterocycles. The SMILES string of the molecule is CC1CCC(C)N1C(C)C(=O)N1CCC[C@H]1C(=O)O. The number of aliphatic carboxylic acids is 1. The summed E-state index contributed by atoms with van der Waals surface area (Å²) in [6.45, 7) is 6.78. The third-order valence-electron chi connectivity index (χ3n) is 4.65. The molecule has 0 aromatic carbocycles.